The zero-order valence-electron chi connectivity index (χ0n) is 22.2. The minimum absolute atomic E-state index is 0.313. The van der Waals surface area contributed by atoms with E-state index in [9.17, 15) is 0 Å². The van der Waals surface area contributed by atoms with E-state index in [0.29, 0.717) is 15.0 Å². The van der Waals surface area contributed by atoms with Crippen LogP contribution in [0, 0.1) is 0 Å². The van der Waals surface area contributed by atoms with Crippen LogP contribution in [0.5, 0.6) is 0 Å². The van der Waals surface area contributed by atoms with Crippen LogP contribution in [0.3, 0.4) is 0 Å². The van der Waals surface area contributed by atoms with Crippen molar-refractivity contribution in [3.63, 3.8) is 0 Å². The molecule has 0 saturated heterocycles. The van der Waals surface area contributed by atoms with E-state index in [1.807, 2.05) is 0 Å². The van der Waals surface area contributed by atoms with Gasteiger partial charge in [-0.05, 0) is 0 Å². The molecule has 0 radical (unpaired) electrons. The summed E-state index contributed by atoms with van der Waals surface area (Å²) < 4.78 is 2.80. The quantitative estimate of drug-likeness (QED) is 0.123. The van der Waals surface area contributed by atoms with E-state index in [-0.39, 0.29) is 0 Å². The van der Waals surface area contributed by atoms with E-state index < -0.39 is 0 Å². The van der Waals surface area contributed by atoms with Gasteiger partial charge in [-0.2, -0.15) is 0 Å². The van der Waals surface area contributed by atoms with Crippen LogP contribution in [0.4, 0.5) is 0 Å². The Hall–Kier alpha value is -3.12. The molecule has 1 heteroatoms. The second-order valence-corrected chi connectivity index (χ2v) is 12.0. The van der Waals surface area contributed by atoms with Crippen molar-refractivity contribution in [1.82, 2.24) is 0 Å². The molecule has 0 amide bonds. The SMILES string of the molecule is CCCCc1ccc(/C=C/c2ccc([Se]c3ccc(/C=C/c4ccc(CCCC)cc4)cc3)cc2)cc1. The van der Waals surface area contributed by atoms with Crippen molar-refractivity contribution in [3.8, 4) is 0 Å². The van der Waals surface area contributed by atoms with E-state index >= 15 is 0 Å². The van der Waals surface area contributed by atoms with Gasteiger partial charge in [0.25, 0.3) is 0 Å². The van der Waals surface area contributed by atoms with Gasteiger partial charge >= 0.3 is 204 Å². The number of rotatable bonds is 12. The summed E-state index contributed by atoms with van der Waals surface area (Å²) in [6, 6.07) is 35.9. The number of hydrogen-bond donors (Lipinski definition) is 0. The van der Waals surface area contributed by atoms with Gasteiger partial charge in [0.2, 0.25) is 0 Å². The molecule has 0 spiro atoms. The molecule has 0 bridgehead atoms. The first kappa shape index (κ1) is 26.9. The average molecular weight is 550 g/mol. The van der Waals surface area contributed by atoms with E-state index in [2.05, 4.69) is 135 Å². The predicted octanol–water partition coefficient (Wildman–Crippen LogP) is 8.37. The van der Waals surface area contributed by atoms with Gasteiger partial charge < -0.3 is 0 Å². The molecule has 0 unspecified atom stereocenters. The Morgan fingerprint density at radius 3 is 1.03 bits per heavy atom. The predicted molar refractivity (Wildman–Crippen MR) is 166 cm³/mol. The van der Waals surface area contributed by atoms with Gasteiger partial charge in [0.05, 0.1) is 0 Å². The molecule has 0 aliphatic heterocycles. The summed E-state index contributed by atoms with van der Waals surface area (Å²) in [7, 11) is 0. The standard InChI is InChI=1S/C36H38Se/c1-3-5-7-29-9-13-31(14-10-29)17-19-33-21-25-35(26-22-33)37-36-27-23-34(24-28-36)20-18-32-15-11-30(12-16-32)8-6-4-2/h9-28H,3-8H2,1-2H3/b19-17+,20-18+. The minimum atomic E-state index is 0.313. The van der Waals surface area contributed by atoms with Gasteiger partial charge in [-0.15, -0.1) is 0 Å². The Morgan fingerprint density at radius 2 is 0.730 bits per heavy atom. The fraction of sp³-hybridized carbons (Fsp3) is 0.222. The van der Waals surface area contributed by atoms with Gasteiger partial charge in [-0.3, -0.25) is 0 Å². The Kier molecular flexibility index (Phi) is 10.6. The fourth-order valence-corrected chi connectivity index (χ4v) is 5.88. The van der Waals surface area contributed by atoms with E-state index in [0.717, 1.165) is 0 Å². The molecule has 0 fully saturated rings. The van der Waals surface area contributed by atoms with Crippen LogP contribution in [0.1, 0.15) is 72.9 Å². The van der Waals surface area contributed by atoms with Crippen LogP contribution in [-0.4, -0.2) is 15.0 Å². The van der Waals surface area contributed by atoms with E-state index in [1.54, 1.807) is 0 Å². The average Bonchev–Trinajstić information content (AvgIpc) is 2.95. The second-order valence-electron chi connectivity index (χ2n) is 9.60. The Bertz CT molecular complexity index is 1160. The first-order valence-electron chi connectivity index (χ1n) is 13.6. The monoisotopic (exact) mass is 550 g/mol. The van der Waals surface area contributed by atoms with Gasteiger partial charge in [-0.1, -0.05) is 26.7 Å². The summed E-state index contributed by atoms with van der Waals surface area (Å²) in [5.41, 5.74) is 7.87. The molecule has 0 N–H and O–H groups in total. The summed E-state index contributed by atoms with van der Waals surface area (Å²) in [5.74, 6) is 0. The van der Waals surface area contributed by atoms with Crippen molar-refractivity contribution >= 4 is 48.2 Å². The zero-order chi connectivity index (χ0) is 25.7. The van der Waals surface area contributed by atoms with Crippen molar-refractivity contribution in [2.24, 2.45) is 0 Å². The normalized spacial score (nSPS) is 11.5. The Balaban J connectivity index is 1.28. The molecule has 0 aliphatic rings. The molecule has 0 nitrogen and oxygen atoms in total. The van der Waals surface area contributed by atoms with Crippen molar-refractivity contribution in [2.75, 3.05) is 0 Å². The molecule has 0 atom stereocenters. The molecule has 0 aromatic heterocycles. The maximum atomic E-state index is 2.27. The van der Waals surface area contributed by atoms with E-state index in [4.69, 9.17) is 0 Å². The second kappa shape index (κ2) is 14.6. The molecule has 4 aromatic rings. The molecule has 4 aromatic carbocycles. The number of unbranched alkanes of at least 4 members (excludes halogenated alkanes) is 2. The molecular weight excluding hydrogens is 511 g/mol. The fourth-order valence-electron chi connectivity index (χ4n) is 4.17. The van der Waals surface area contributed by atoms with Crippen molar-refractivity contribution < 1.29 is 0 Å². The van der Waals surface area contributed by atoms with Crippen molar-refractivity contribution in [3.05, 3.63) is 130 Å². The molecule has 37 heavy (non-hydrogen) atoms. The molecule has 0 aliphatic carbocycles. The van der Waals surface area contributed by atoms with Crippen molar-refractivity contribution in [1.29, 1.82) is 0 Å². The van der Waals surface area contributed by atoms with Crippen LogP contribution < -0.4 is 8.92 Å². The molecule has 0 saturated carbocycles. The summed E-state index contributed by atoms with van der Waals surface area (Å²) in [5, 5.41) is 0. The first-order valence-corrected chi connectivity index (χ1v) is 15.3. The van der Waals surface area contributed by atoms with Gasteiger partial charge in [0, 0.05) is 0 Å². The molecular formula is C36H38Se. The number of aryl methyl sites for hydroxylation is 2. The maximum absolute atomic E-state index is 2.27. The summed E-state index contributed by atoms with van der Waals surface area (Å²) in [4.78, 5) is 0. The Labute approximate surface area is 230 Å². The van der Waals surface area contributed by atoms with Crippen LogP contribution in [0.15, 0.2) is 97.1 Å². The summed E-state index contributed by atoms with van der Waals surface area (Å²) in [6.45, 7) is 4.49. The summed E-state index contributed by atoms with van der Waals surface area (Å²) in [6.07, 6.45) is 16.2. The third-order valence-corrected chi connectivity index (χ3v) is 8.66. The first-order chi connectivity index (χ1) is 18.2. The third-order valence-electron chi connectivity index (χ3n) is 6.53. The number of hydrogen-bond acceptors (Lipinski definition) is 0. The molecule has 0 heterocycles. The third kappa shape index (κ3) is 9.04. The van der Waals surface area contributed by atoms with Crippen LogP contribution >= 0.6 is 0 Å². The zero-order valence-corrected chi connectivity index (χ0v) is 23.9. The van der Waals surface area contributed by atoms with Gasteiger partial charge in [0.15, 0.2) is 0 Å². The molecule has 188 valence electrons. The van der Waals surface area contributed by atoms with Crippen LogP contribution in [0.2, 0.25) is 0 Å². The topological polar surface area (TPSA) is 0 Å². The van der Waals surface area contributed by atoms with E-state index in [1.165, 1.54) is 80.8 Å². The van der Waals surface area contributed by atoms with Crippen LogP contribution in [-0.2, 0) is 12.8 Å². The van der Waals surface area contributed by atoms with Gasteiger partial charge in [-0.25, -0.2) is 0 Å². The van der Waals surface area contributed by atoms with Gasteiger partial charge in [0.1, 0.15) is 0 Å². The molecule has 4 rings (SSSR count). The van der Waals surface area contributed by atoms with Crippen molar-refractivity contribution in [2.45, 2.75) is 52.4 Å². The van der Waals surface area contributed by atoms with Crippen LogP contribution in [0.25, 0.3) is 24.3 Å². The Morgan fingerprint density at radius 1 is 0.432 bits per heavy atom. The summed E-state index contributed by atoms with van der Waals surface area (Å²) >= 11 is 0.313. The number of benzene rings is 4.